The van der Waals surface area contributed by atoms with Crippen molar-refractivity contribution in [1.29, 1.82) is 0 Å². The molecule has 1 aromatic carbocycles. The highest BCUT2D eigenvalue weighted by atomic mass is 32.2. The summed E-state index contributed by atoms with van der Waals surface area (Å²) in [7, 11) is -0.604. The highest BCUT2D eigenvalue weighted by Crippen LogP contribution is 2.29. The maximum Gasteiger partial charge on any atom is 0.240 e. The van der Waals surface area contributed by atoms with Gasteiger partial charge in [-0.2, -0.15) is 0 Å². The number of methoxy groups -OCH3 is 2. The number of hydrogen-bond donors (Lipinski definition) is 1. The first kappa shape index (κ1) is 16.3. The van der Waals surface area contributed by atoms with Crippen molar-refractivity contribution in [3.8, 4) is 11.5 Å². The van der Waals surface area contributed by atoms with E-state index in [1.165, 1.54) is 26.4 Å². The molecule has 120 valence electrons. The number of hydrogen-bond acceptors (Lipinski definition) is 5. The molecule has 0 bridgehead atoms. The normalized spacial score (nSPS) is 11.4. The van der Waals surface area contributed by atoms with Crippen molar-refractivity contribution in [1.82, 2.24) is 14.3 Å². The lowest BCUT2D eigenvalue weighted by atomic mass is 10.3. The molecule has 8 heteroatoms. The lowest BCUT2D eigenvalue weighted by Crippen LogP contribution is -2.25. The summed E-state index contributed by atoms with van der Waals surface area (Å²) in [5.74, 6) is 0.866. The first-order chi connectivity index (χ1) is 10.6. The Labute approximate surface area is 129 Å². The van der Waals surface area contributed by atoms with E-state index in [-0.39, 0.29) is 4.90 Å². The Morgan fingerprint density at radius 1 is 1.23 bits per heavy atom. The smallest absolute Gasteiger partial charge is 0.240 e. The molecule has 0 saturated carbocycles. The van der Waals surface area contributed by atoms with Gasteiger partial charge in [-0.15, -0.1) is 0 Å². The van der Waals surface area contributed by atoms with Gasteiger partial charge in [0.1, 0.15) is 0 Å². The van der Waals surface area contributed by atoms with Crippen LogP contribution in [-0.4, -0.2) is 38.7 Å². The Morgan fingerprint density at radius 2 is 2.00 bits per heavy atom. The molecule has 0 saturated heterocycles. The third-order valence-corrected chi connectivity index (χ3v) is 4.57. The van der Waals surface area contributed by atoms with Crippen LogP contribution in [0.2, 0.25) is 0 Å². The molecule has 2 rings (SSSR count). The van der Waals surface area contributed by atoms with Crippen LogP contribution in [0.25, 0.3) is 0 Å². The molecule has 1 heterocycles. The highest BCUT2D eigenvalue weighted by molar-refractivity contribution is 7.89. The summed E-state index contributed by atoms with van der Waals surface area (Å²) in [6.45, 7) is 1.04. The quantitative estimate of drug-likeness (QED) is 0.739. The predicted octanol–water partition coefficient (Wildman–Crippen LogP) is 1.27. The average molecular weight is 325 g/mol. The topological polar surface area (TPSA) is 82.5 Å². The molecular formula is C14H19N3O4S. The van der Waals surface area contributed by atoms with Gasteiger partial charge in [-0.1, -0.05) is 0 Å². The lowest BCUT2D eigenvalue weighted by Gasteiger charge is -2.11. The van der Waals surface area contributed by atoms with Crippen LogP contribution in [0, 0.1) is 0 Å². The van der Waals surface area contributed by atoms with E-state index in [0.29, 0.717) is 31.0 Å². The molecule has 0 aliphatic rings. The van der Waals surface area contributed by atoms with Gasteiger partial charge in [0.05, 0.1) is 25.4 Å². The second-order valence-electron chi connectivity index (χ2n) is 4.57. The third-order valence-electron chi connectivity index (χ3n) is 3.11. The molecule has 0 aliphatic heterocycles. The Bertz CT molecular complexity index is 699. The number of aromatic nitrogens is 2. The first-order valence-corrected chi connectivity index (χ1v) is 8.22. The van der Waals surface area contributed by atoms with Gasteiger partial charge in [-0.3, -0.25) is 0 Å². The average Bonchev–Trinajstić information content (AvgIpc) is 3.04. The van der Waals surface area contributed by atoms with Crippen LogP contribution in [0.5, 0.6) is 11.5 Å². The number of nitrogens with zero attached hydrogens (tertiary/aromatic N) is 2. The van der Waals surface area contributed by atoms with E-state index in [2.05, 4.69) is 9.71 Å². The Hall–Kier alpha value is -2.06. The molecule has 22 heavy (non-hydrogen) atoms. The molecule has 2 aromatic rings. The lowest BCUT2D eigenvalue weighted by molar-refractivity contribution is 0.354. The number of aryl methyl sites for hydroxylation is 1. The van der Waals surface area contributed by atoms with Gasteiger partial charge in [-0.05, 0) is 18.6 Å². The number of sulfonamides is 1. The van der Waals surface area contributed by atoms with Crippen LogP contribution >= 0.6 is 0 Å². The van der Waals surface area contributed by atoms with Crippen molar-refractivity contribution in [2.24, 2.45) is 0 Å². The molecule has 0 aliphatic carbocycles. The van der Waals surface area contributed by atoms with Gasteiger partial charge in [0.15, 0.2) is 11.5 Å². The third kappa shape index (κ3) is 3.99. The zero-order valence-electron chi connectivity index (χ0n) is 12.5. The number of nitrogens with one attached hydrogen (secondary N) is 1. The van der Waals surface area contributed by atoms with Crippen LogP contribution in [0.3, 0.4) is 0 Å². The van der Waals surface area contributed by atoms with E-state index in [1.807, 2.05) is 10.8 Å². The largest absolute Gasteiger partial charge is 0.493 e. The summed E-state index contributed by atoms with van der Waals surface area (Å²) in [6, 6.07) is 4.50. The standard InChI is InChI=1S/C14H19N3O4S/c1-20-13-5-4-12(10-14(13)21-2)22(18,19)16-6-3-8-17-9-7-15-11-17/h4-5,7,9-11,16H,3,6,8H2,1-2H3. The van der Waals surface area contributed by atoms with Gasteiger partial charge in [0.25, 0.3) is 0 Å². The summed E-state index contributed by atoms with van der Waals surface area (Å²) >= 11 is 0. The van der Waals surface area contributed by atoms with Crippen LogP contribution in [-0.2, 0) is 16.6 Å². The molecule has 1 N–H and O–H groups in total. The maximum absolute atomic E-state index is 12.2. The number of ether oxygens (including phenoxy) is 2. The van der Waals surface area contributed by atoms with Crippen molar-refractivity contribution in [3.05, 3.63) is 36.9 Å². The van der Waals surface area contributed by atoms with Gasteiger partial charge >= 0.3 is 0 Å². The van der Waals surface area contributed by atoms with E-state index in [1.54, 1.807) is 18.6 Å². The SMILES string of the molecule is COc1ccc(S(=O)(=O)NCCCn2ccnc2)cc1OC. The zero-order valence-corrected chi connectivity index (χ0v) is 13.3. The second kappa shape index (κ2) is 7.28. The van der Waals surface area contributed by atoms with Crippen LogP contribution in [0.4, 0.5) is 0 Å². The summed E-state index contributed by atoms with van der Waals surface area (Å²) in [5.41, 5.74) is 0. The van der Waals surface area contributed by atoms with E-state index < -0.39 is 10.0 Å². The Morgan fingerprint density at radius 3 is 2.64 bits per heavy atom. The highest BCUT2D eigenvalue weighted by Gasteiger charge is 2.16. The van der Waals surface area contributed by atoms with Crippen molar-refractivity contribution in [2.75, 3.05) is 20.8 Å². The number of imidazole rings is 1. The second-order valence-corrected chi connectivity index (χ2v) is 6.34. The van der Waals surface area contributed by atoms with Gasteiger partial charge in [0, 0.05) is 31.5 Å². The fourth-order valence-electron chi connectivity index (χ4n) is 1.95. The van der Waals surface area contributed by atoms with Crippen molar-refractivity contribution >= 4 is 10.0 Å². The minimum Gasteiger partial charge on any atom is -0.493 e. The monoisotopic (exact) mass is 325 g/mol. The molecule has 0 unspecified atom stereocenters. The molecular weight excluding hydrogens is 306 g/mol. The zero-order chi connectivity index (χ0) is 16.0. The van der Waals surface area contributed by atoms with Gasteiger partial charge in [-0.25, -0.2) is 18.1 Å². The van der Waals surface area contributed by atoms with Crippen LogP contribution in [0.1, 0.15) is 6.42 Å². The summed E-state index contributed by atoms with van der Waals surface area (Å²) in [4.78, 5) is 4.08. The molecule has 0 amide bonds. The van der Waals surface area contributed by atoms with Crippen molar-refractivity contribution in [3.63, 3.8) is 0 Å². The van der Waals surface area contributed by atoms with Crippen LogP contribution in [0.15, 0.2) is 41.8 Å². The minimum atomic E-state index is -3.57. The molecule has 0 radical (unpaired) electrons. The summed E-state index contributed by atoms with van der Waals surface area (Å²) in [5, 5.41) is 0. The van der Waals surface area contributed by atoms with E-state index in [4.69, 9.17) is 9.47 Å². The van der Waals surface area contributed by atoms with Crippen LogP contribution < -0.4 is 14.2 Å². The Kier molecular flexibility index (Phi) is 5.40. The summed E-state index contributed by atoms with van der Waals surface area (Å²) in [6.07, 6.45) is 5.89. The van der Waals surface area contributed by atoms with E-state index >= 15 is 0 Å². The van der Waals surface area contributed by atoms with Gasteiger partial charge in [0.2, 0.25) is 10.0 Å². The Balaban J connectivity index is 1.97. The van der Waals surface area contributed by atoms with Crippen molar-refractivity contribution < 1.29 is 17.9 Å². The van der Waals surface area contributed by atoms with E-state index in [0.717, 1.165) is 0 Å². The van der Waals surface area contributed by atoms with Gasteiger partial charge < -0.3 is 14.0 Å². The predicted molar refractivity (Wildman–Crippen MR) is 81.6 cm³/mol. The molecule has 0 spiro atoms. The number of benzene rings is 1. The number of rotatable bonds is 8. The maximum atomic E-state index is 12.2. The molecule has 0 atom stereocenters. The van der Waals surface area contributed by atoms with Crippen molar-refractivity contribution in [2.45, 2.75) is 17.9 Å². The fraction of sp³-hybridized carbons (Fsp3) is 0.357. The molecule has 7 nitrogen and oxygen atoms in total. The summed E-state index contributed by atoms with van der Waals surface area (Å²) < 4.78 is 39.1. The molecule has 0 fully saturated rings. The van der Waals surface area contributed by atoms with E-state index in [9.17, 15) is 8.42 Å². The fourth-order valence-corrected chi connectivity index (χ4v) is 3.04. The molecule has 1 aromatic heterocycles. The first-order valence-electron chi connectivity index (χ1n) is 6.74. The minimum absolute atomic E-state index is 0.146.